The highest BCUT2D eigenvalue weighted by atomic mass is 16.4. The maximum Gasteiger partial charge on any atom is 0.434 e. The fourth-order valence-electron chi connectivity index (χ4n) is 0.660. The Labute approximate surface area is 73.3 Å². The van der Waals surface area contributed by atoms with E-state index in [-0.39, 0.29) is 18.3 Å². The standard InChI is InChI=1S/C6H10N4O3/c1-3(7)5(11)8-2-4-9-10-6(12)13-4/h3H,2,7H2,1H3,(H,8,11)(H,10,12). The highest BCUT2D eigenvalue weighted by molar-refractivity contribution is 5.80. The minimum atomic E-state index is -0.648. The molecule has 1 aromatic heterocycles. The minimum Gasteiger partial charge on any atom is -0.391 e. The lowest BCUT2D eigenvalue weighted by Crippen LogP contribution is -2.37. The van der Waals surface area contributed by atoms with E-state index in [1.54, 1.807) is 6.92 Å². The lowest BCUT2D eigenvalue weighted by molar-refractivity contribution is -0.122. The number of nitrogens with one attached hydrogen (secondary N) is 2. The van der Waals surface area contributed by atoms with Crippen molar-refractivity contribution < 1.29 is 9.21 Å². The van der Waals surface area contributed by atoms with Crippen molar-refractivity contribution in [3.63, 3.8) is 0 Å². The molecule has 4 N–H and O–H groups in total. The van der Waals surface area contributed by atoms with E-state index in [4.69, 9.17) is 5.73 Å². The molecule has 1 heterocycles. The first-order valence-electron chi connectivity index (χ1n) is 3.67. The van der Waals surface area contributed by atoms with Gasteiger partial charge < -0.3 is 15.5 Å². The number of carbonyl (C=O) groups excluding carboxylic acids is 1. The van der Waals surface area contributed by atoms with Gasteiger partial charge in [0.15, 0.2) is 0 Å². The van der Waals surface area contributed by atoms with E-state index in [1.807, 2.05) is 0 Å². The van der Waals surface area contributed by atoms with Gasteiger partial charge in [-0.25, -0.2) is 9.89 Å². The highest BCUT2D eigenvalue weighted by Crippen LogP contribution is 1.86. The van der Waals surface area contributed by atoms with Crippen molar-refractivity contribution in [1.82, 2.24) is 15.5 Å². The molecule has 1 aromatic rings. The molecule has 0 radical (unpaired) electrons. The van der Waals surface area contributed by atoms with Crippen molar-refractivity contribution >= 4 is 5.91 Å². The number of aromatic nitrogens is 2. The molecule has 0 aliphatic carbocycles. The molecule has 0 aliphatic rings. The predicted octanol–water partition coefficient (Wildman–Crippen LogP) is -1.67. The van der Waals surface area contributed by atoms with E-state index in [0.717, 1.165) is 0 Å². The maximum absolute atomic E-state index is 10.9. The normalized spacial score (nSPS) is 12.5. The van der Waals surface area contributed by atoms with Gasteiger partial charge in [0.1, 0.15) is 0 Å². The summed E-state index contributed by atoms with van der Waals surface area (Å²) in [4.78, 5) is 21.4. The molecule has 1 amide bonds. The molecule has 0 spiro atoms. The Balaban J connectivity index is 2.44. The molecule has 0 saturated carbocycles. The van der Waals surface area contributed by atoms with Crippen molar-refractivity contribution in [2.24, 2.45) is 5.73 Å². The first-order chi connectivity index (χ1) is 6.09. The van der Waals surface area contributed by atoms with Gasteiger partial charge in [0, 0.05) is 0 Å². The minimum absolute atomic E-state index is 0.0547. The van der Waals surface area contributed by atoms with Gasteiger partial charge in [0.25, 0.3) is 0 Å². The van der Waals surface area contributed by atoms with E-state index in [9.17, 15) is 9.59 Å². The number of aromatic amines is 1. The molecule has 0 bridgehead atoms. The van der Waals surface area contributed by atoms with E-state index < -0.39 is 11.8 Å². The second-order valence-corrected chi connectivity index (χ2v) is 2.51. The summed E-state index contributed by atoms with van der Waals surface area (Å²) in [5.74, 6) is -0.852. The van der Waals surface area contributed by atoms with Gasteiger partial charge in [0.2, 0.25) is 11.8 Å². The van der Waals surface area contributed by atoms with E-state index in [2.05, 4.69) is 19.9 Å². The zero-order chi connectivity index (χ0) is 9.84. The molecule has 1 unspecified atom stereocenters. The van der Waals surface area contributed by atoms with Crippen LogP contribution in [0.1, 0.15) is 12.8 Å². The molecule has 0 aromatic carbocycles. The molecule has 1 atom stereocenters. The van der Waals surface area contributed by atoms with Gasteiger partial charge in [0.05, 0.1) is 12.6 Å². The van der Waals surface area contributed by atoms with Crippen LogP contribution in [0.2, 0.25) is 0 Å². The summed E-state index contributed by atoms with van der Waals surface area (Å²) < 4.78 is 4.54. The molecule has 13 heavy (non-hydrogen) atoms. The van der Waals surface area contributed by atoms with Crippen LogP contribution >= 0.6 is 0 Å². The lowest BCUT2D eigenvalue weighted by atomic mass is 10.3. The summed E-state index contributed by atoms with van der Waals surface area (Å²) in [6.45, 7) is 1.61. The number of nitrogens with zero attached hydrogens (tertiary/aromatic N) is 1. The molecule has 72 valence electrons. The third kappa shape index (κ3) is 2.71. The molecule has 0 fully saturated rings. The summed E-state index contributed by atoms with van der Waals surface area (Å²) in [6, 6.07) is -0.592. The zero-order valence-corrected chi connectivity index (χ0v) is 7.03. The Hall–Kier alpha value is -1.63. The number of hydrogen-bond acceptors (Lipinski definition) is 5. The second kappa shape index (κ2) is 3.85. The molecule has 0 aliphatic heterocycles. The van der Waals surface area contributed by atoms with Crippen LogP contribution < -0.4 is 16.8 Å². The maximum atomic E-state index is 10.9. The van der Waals surface area contributed by atoms with Crippen LogP contribution in [-0.2, 0) is 11.3 Å². The van der Waals surface area contributed by atoms with Crippen LogP contribution in [0.15, 0.2) is 9.21 Å². The third-order valence-electron chi connectivity index (χ3n) is 1.31. The monoisotopic (exact) mass is 186 g/mol. The van der Waals surface area contributed by atoms with Crippen LogP contribution in [0.25, 0.3) is 0 Å². The molecule has 7 nitrogen and oxygen atoms in total. The van der Waals surface area contributed by atoms with Crippen molar-refractivity contribution in [1.29, 1.82) is 0 Å². The van der Waals surface area contributed by atoms with Gasteiger partial charge in [-0.15, -0.1) is 5.10 Å². The van der Waals surface area contributed by atoms with E-state index in [0.29, 0.717) is 0 Å². The number of amides is 1. The van der Waals surface area contributed by atoms with Gasteiger partial charge in [-0.2, -0.15) is 0 Å². The average molecular weight is 186 g/mol. The van der Waals surface area contributed by atoms with Crippen LogP contribution in [-0.4, -0.2) is 22.1 Å². The van der Waals surface area contributed by atoms with Gasteiger partial charge in [-0.1, -0.05) is 0 Å². The van der Waals surface area contributed by atoms with Crippen molar-refractivity contribution in [3.05, 3.63) is 16.4 Å². The highest BCUT2D eigenvalue weighted by Gasteiger charge is 2.08. The quantitative estimate of drug-likeness (QED) is 0.522. The fourth-order valence-corrected chi connectivity index (χ4v) is 0.660. The Morgan fingerprint density at radius 2 is 2.54 bits per heavy atom. The summed E-state index contributed by atoms with van der Waals surface area (Å²) in [6.07, 6.45) is 0. The lowest BCUT2D eigenvalue weighted by Gasteiger charge is -2.03. The Bertz CT molecular complexity index is 340. The Kier molecular flexibility index (Phi) is 2.80. The van der Waals surface area contributed by atoms with Gasteiger partial charge >= 0.3 is 5.76 Å². The zero-order valence-electron chi connectivity index (χ0n) is 7.03. The Morgan fingerprint density at radius 1 is 1.85 bits per heavy atom. The second-order valence-electron chi connectivity index (χ2n) is 2.51. The van der Waals surface area contributed by atoms with Crippen LogP contribution in [0.3, 0.4) is 0 Å². The van der Waals surface area contributed by atoms with Gasteiger partial charge in [-0.05, 0) is 6.92 Å². The molecule has 0 saturated heterocycles. The number of carbonyl (C=O) groups is 1. The van der Waals surface area contributed by atoms with Crippen molar-refractivity contribution in [2.75, 3.05) is 0 Å². The first kappa shape index (κ1) is 9.46. The smallest absolute Gasteiger partial charge is 0.391 e. The largest absolute Gasteiger partial charge is 0.434 e. The first-order valence-corrected chi connectivity index (χ1v) is 3.67. The van der Waals surface area contributed by atoms with Crippen LogP contribution in [0.5, 0.6) is 0 Å². The Morgan fingerprint density at radius 3 is 3.00 bits per heavy atom. The number of rotatable bonds is 3. The molecule has 7 heteroatoms. The summed E-state index contributed by atoms with van der Waals surface area (Å²) in [5.41, 5.74) is 5.27. The number of hydrogen-bond donors (Lipinski definition) is 3. The topological polar surface area (TPSA) is 114 Å². The van der Waals surface area contributed by atoms with Crippen molar-refractivity contribution in [2.45, 2.75) is 19.5 Å². The molecular weight excluding hydrogens is 176 g/mol. The molecule has 1 rings (SSSR count). The van der Waals surface area contributed by atoms with E-state index >= 15 is 0 Å². The third-order valence-corrected chi connectivity index (χ3v) is 1.31. The average Bonchev–Trinajstić information content (AvgIpc) is 2.47. The summed E-state index contributed by atoms with van der Waals surface area (Å²) in [7, 11) is 0. The summed E-state index contributed by atoms with van der Waals surface area (Å²) >= 11 is 0. The van der Waals surface area contributed by atoms with E-state index in [1.165, 1.54) is 0 Å². The van der Waals surface area contributed by atoms with Crippen LogP contribution in [0, 0.1) is 0 Å². The molecular formula is C6H10N4O3. The van der Waals surface area contributed by atoms with Gasteiger partial charge in [-0.3, -0.25) is 4.79 Å². The number of H-pyrrole nitrogens is 1. The van der Waals surface area contributed by atoms with Crippen LogP contribution in [0.4, 0.5) is 0 Å². The summed E-state index contributed by atoms with van der Waals surface area (Å²) in [5, 5.41) is 7.99. The van der Waals surface area contributed by atoms with Crippen molar-refractivity contribution in [3.8, 4) is 0 Å². The fraction of sp³-hybridized carbons (Fsp3) is 0.500. The number of nitrogens with two attached hydrogens (primary N) is 1. The SMILES string of the molecule is CC(N)C(=O)NCc1n[nH]c(=O)o1. The predicted molar refractivity (Wildman–Crippen MR) is 42.6 cm³/mol.